The third-order valence-corrected chi connectivity index (χ3v) is 3.51. The Balaban J connectivity index is 2.38. The average Bonchev–Trinajstić information content (AvgIpc) is 2.60. The first-order chi connectivity index (χ1) is 11.5. The predicted octanol–water partition coefficient (Wildman–Crippen LogP) is 4.05. The van der Waals surface area contributed by atoms with Crippen LogP contribution in [0.3, 0.4) is 0 Å². The highest BCUT2D eigenvalue weighted by Crippen LogP contribution is 2.26. The molecule has 2 aromatic rings. The number of carbonyl (C=O) groups excluding carboxylic acids is 1. The van der Waals surface area contributed by atoms with Gasteiger partial charge in [0.2, 0.25) is 5.78 Å². The highest BCUT2D eigenvalue weighted by Gasteiger charge is 2.15. The van der Waals surface area contributed by atoms with Gasteiger partial charge in [0.25, 0.3) is 5.69 Å². The second kappa shape index (κ2) is 7.40. The topological polar surface area (TPSA) is 93.2 Å². The van der Waals surface area contributed by atoms with E-state index in [1.807, 2.05) is 6.07 Å². The summed E-state index contributed by atoms with van der Waals surface area (Å²) in [5.74, 6) is 0.0973. The molecule has 0 N–H and O–H groups in total. The Hall–Kier alpha value is -3.17. The first kappa shape index (κ1) is 17.2. The van der Waals surface area contributed by atoms with E-state index in [1.165, 1.54) is 43.5 Å². The molecule has 0 atom stereocenters. The summed E-state index contributed by atoms with van der Waals surface area (Å²) in [6.45, 7) is 0. The van der Waals surface area contributed by atoms with Crippen LogP contribution in [-0.4, -0.2) is 17.8 Å². The molecule has 0 heterocycles. The lowest BCUT2D eigenvalue weighted by atomic mass is 10.0. The first-order valence-corrected chi connectivity index (χ1v) is 7.08. The number of carbonyl (C=O) groups is 1. The van der Waals surface area contributed by atoms with E-state index in [2.05, 4.69) is 0 Å². The summed E-state index contributed by atoms with van der Waals surface area (Å²) in [5, 5.41) is 20.1. The van der Waals surface area contributed by atoms with Crippen LogP contribution in [0.15, 0.2) is 48.0 Å². The number of benzene rings is 2. The number of nitriles is 1. The van der Waals surface area contributed by atoms with Crippen LogP contribution < -0.4 is 4.74 Å². The molecule has 120 valence electrons. The molecule has 0 fully saturated rings. The second-order valence-corrected chi connectivity index (χ2v) is 5.10. The van der Waals surface area contributed by atoms with Crippen LogP contribution in [0.5, 0.6) is 5.75 Å². The number of halogens is 1. The minimum atomic E-state index is -0.628. The number of Topliss-reactive ketones (excluding diaryl/α,β-unsaturated/α-hetero) is 1. The molecular weight excluding hydrogens is 332 g/mol. The molecule has 0 saturated carbocycles. The van der Waals surface area contributed by atoms with Gasteiger partial charge in [-0.15, -0.1) is 0 Å². The van der Waals surface area contributed by atoms with Gasteiger partial charge in [0, 0.05) is 11.6 Å². The molecule has 2 rings (SSSR count). The molecule has 24 heavy (non-hydrogen) atoms. The smallest absolute Gasteiger partial charge is 0.288 e. The van der Waals surface area contributed by atoms with E-state index < -0.39 is 10.7 Å². The van der Waals surface area contributed by atoms with Crippen molar-refractivity contribution in [1.29, 1.82) is 5.26 Å². The van der Waals surface area contributed by atoms with Gasteiger partial charge in [0.05, 0.1) is 12.0 Å². The van der Waals surface area contributed by atoms with Gasteiger partial charge in [-0.2, -0.15) is 5.26 Å². The van der Waals surface area contributed by atoms with E-state index in [0.717, 1.165) is 0 Å². The Bertz CT molecular complexity index is 867. The summed E-state index contributed by atoms with van der Waals surface area (Å²) in [5.41, 5.74) is 0.216. The molecule has 0 aliphatic rings. The zero-order chi connectivity index (χ0) is 17.7. The zero-order valence-corrected chi connectivity index (χ0v) is 13.3. The van der Waals surface area contributed by atoms with E-state index in [4.69, 9.17) is 16.3 Å². The standard InChI is InChI=1S/C17H11ClN2O4/c1-24-14-5-3-12(4-6-14)17(21)13(10-19)8-11-2-7-15(18)16(9-11)20(22)23/h2-9H,1H3/b13-8+. The van der Waals surface area contributed by atoms with Crippen molar-refractivity contribution in [3.05, 3.63) is 74.3 Å². The fourth-order valence-electron chi connectivity index (χ4n) is 1.97. The van der Waals surface area contributed by atoms with Gasteiger partial charge in [-0.3, -0.25) is 14.9 Å². The Morgan fingerprint density at radius 3 is 2.50 bits per heavy atom. The Morgan fingerprint density at radius 1 is 1.29 bits per heavy atom. The van der Waals surface area contributed by atoms with Crippen molar-refractivity contribution in [3.63, 3.8) is 0 Å². The number of ketones is 1. The summed E-state index contributed by atoms with van der Waals surface area (Å²) in [4.78, 5) is 22.6. The van der Waals surface area contributed by atoms with E-state index in [-0.39, 0.29) is 16.3 Å². The Kier molecular flexibility index (Phi) is 5.30. The minimum absolute atomic E-state index is 0.0165. The minimum Gasteiger partial charge on any atom is -0.497 e. The van der Waals surface area contributed by atoms with Crippen LogP contribution in [-0.2, 0) is 0 Å². The lowest BCUT2D eigenvalue weighted by molar-refractivity contribution is -0.384. The lowest BCUT2D eigenvalue weighted by Crippen LogP contribution is -2.02. The van der Waals surface area contributed by atoms with Crippen LogP contribution in [0.25, 0.3) is 6.08 Å². The van der Waals surface area contributed by atoms with Crippen LogP contribution in [0.4, 0.5) is 5.69 Å². The number of methoxy groups -OCH3 is 1. The van der Waals surface area contributed by atoms with Crippen molar-refractivity contribution < 1.29 is 14.5 Å². The number of rotatable bonds is 5. The van der Waals surface area contributed by atoms with Gasteiger partial charge in [-0.1, -0.05) is 17.7 Å². The summed E-state index contributed by atoms with van der Waals surface area (Å²) in [7, 11) is 1.50. The van der Waals surface area contributed by atoms with Crippen molar-refractivity contribution in [2.24, 2.45) is 0 Å². The molecule has 0 saturated heterocycles. The molecule has 0 aliphatic heterocycles. The maximum Gasteiger partial charge on any atom is 0.288 e. The van der Waals surface area contributed by atoms with Crippen LogP contribution >= 0.6 is 11.6 Å². The number of allylic oxidation sites excluding steroid dienone is 1. The average molecular weight is 343 g/mol. The summed E-state index contributed by atoms with van der Waals surface area (Å²) >= 11 is 5.74. The van der Waals surface area contributed by atoms with Crippen LogP contribution in [0.1, 0.15) is 15.9 Å². The number of ether oxygens (including phenoxy) is 1. The summed E-state index contributed by atoms with van der Waals surface area (Å²) < 4.78 is 5.01. The summed E-state index contributed by atoms with van der Waals surface area (Å²) in [6.07, 6.45) is 1.29. The van der Waals surface area contributed by atoms with Crippen LogP contribution in [0.2, 0.25) is 5.02 Å². The highest BCUT2D eigenvalue weighted by atomic mass is 35.5. The van der Waals surface area contributed by atoms with Gasteiger partial charge in [0.15, 0.2) is 0 Å². The Morgan fingerprint density at radius 2 is 1.96 bits per heavy atom. The van der Waals surface area contributed by atoms with E-state index in [0.29, 0.717) is 16.9 Å². The normalized spacial score (nSPS) is 10.8. The van der Waals surface area contributed by atoms with Crippen LogP contribution in [0, 0.1) is 21.4 Å². The second-order valence-electron chi connectivity index (χ2n) is 4.70. The van der Waals surface area contributed by atoms with Crippen molar-refractivity contribution in [2.75, 3.05) is 7.11 Å². The van der Waals surface area contributed by atoms with Gasteiger partial charge in [-0.05, 0) is 42.0 Å². The van der Waals surface area contributed by atoms with Gasteiger partial charge in [0.1, 0.15) is 22.4 Å². The lowest BCUT2D eigenvalue weighted by Gasteiger charge is -2.03. The molecule has 0 unspecified atom stereocenters. The fourth-order valence-corrected chi connectivity index (χ4v) is 2.16. The number of nitrogens with zero attached hydrogens (tertiary/aromatic N) is 2. The number of hydrogen-bond acceptors (Lipinski definition) is 5. The SMILES string of the molecule is COc1ccc(C(=O)/C(C#N)=C/c2ccc(Cl)c([N+](=O)[O-])c2)cc1. The van der Waals surface area contributed by atoms with Crippen molar-refractivity contribution in [3.8, 4) is 11.8 Å². The molecule has 0 radical (unpaired) electrons. The van der Waals surface area contributed by atoms with Gasteiger partial charge in [-0.25, -0.2) is 0 Å². The number of nitro groups is 1. The first-order valence-electron chi connectivity index (χ1n) is 6.70. The zero-order valence-electron chi connectivity index (χ0n) is 12.5. The molecule has 0 aliphatic carbocycles. The van der Waals surface area contributed by atoms with E-state index in [9.17, 15) is 20.2 Å². The third kappa shape index (κ3) is 3.77. The number of hydrogen-bond donors (Lipinski definition) is 0. The van der Waals surface area contributed by atoms with E-state index >= 15 is 0 Å². The molecule has 0 amide bonds. The molecule has 0 aromatic heterocycles. The molecule has 6 nitrogen and oxygen atoms in total. The quantitative estimate of drug-likeness (QED) is 0.269. The van der Waals surface area contributed by atoms with Crippen molar-refractivity contribution in [1.82, 2.24) is 0 Å². The highest BCUT2D eigenvalue weighted by molar-refractivity contribution is 6.32. The van der Waals surface area contributed by atoms with Gasteiger partial charge < -0.3 is 4.74 Å². The van der Waals surface area contributed by atoms with Gasteiger partial charge >= 0.3 is 0 Å². The fraction of sp³-hybridized carbons (Fsp3) is 0.0588. The van der Waals surface area contributed by atoms with Crippen molar-refractivity contribution in [2.45, 2.75) is 0 Å². The third-order valence-electron chi connectivity index (χ3n) is 3.20. The molecule has 2 aromatic carbocycles. The summed E-state index contributed by atoms with van der Waals surface area (Å²) in [6, 6.07) is 12.2. The molecule has 0 bridgehead atoms. The van der Waals surface area contributed by atoms with E-state index in [1.54, 1.807) is 12.1 Å². The maximum absolute atomic E-state index is 12.4. The van der Waals surface area contributed by atoms with Crippen molar-refractivity contribution >= 4 is 29.1 Å². The Labute approximate surface area is 142 Å². The number of nitro benzene ring substituents is 1. The monoisotopic (exact) mass is 342 g/mol. The molecule has 7 heteroatoms. The molecule has 0 spiro atoms. The maximum atomic E-state index is 12.4. The predicted molar refractivity (Wildman–Crippen MR) is 89.0 cm³/mol. The molecular formula is C17H11ClN2O4. The largest absolute Gasteiger partial charge is 0.497 e.